The maximum Gasteiger partial charge on any atom is 0.248 e. The summed E-state index contributed by atoms with van der Waals surface area (Å²) in [6.07, 6.45) is 2.58. The van der Waals surface area contributed by atoms with E-state index in [0.717, 1.165) is 34.3 Å². The quantitative estimate of drug-likeness (QED) is 0.353. The Labute approximate surface area is 182 Å². The van der Waals surface area contributed by atoms with Crippen LogP contribution in [0.15, 0.2) is 81.8 Å². The number of pyridine rings is 1. The molecular formula is C23H20BrFN4O. The summed E-state index contributed by atoms with van der Waals surface area (Å²) in [7, 11) is 0. The van der Waals surface area contributed by atoms with Crippen LogP contribution in [0, 0.1) is 5.82 Å². The first-order valence-electron chi connectivity index (χ1n) is 9.61. The number of aromatic nitrogens is 3. The minimum absolute atomic E-state index is 0.242. The van der Waals surface area contributed by atoms with Crippen molar-refractivity contribution in [2.24, 2.45) is 0 Å². The van der Waals surface area contributed by atoms with E-state index in [0.29, 0.717) is 24.9 Å². The third-order valence-corrected chi connectivity index (χ3v) is 5.35. The van der Waals surface area contributed by atoms with Gasteiger partial charge in [-0.25, -0.2) is 4.39 Å². The van der Waals surface area contributed by atoms with Crippen molar-refractivity contribution < 1.29 is 8.81 Å². The number of hydrogen-bond acceptors (Lipinski definition) is 5. The van der Waals surface area contributed by atoms with Gasteiger partial charge in [0, 0.05) is 35.9 Å². The van der Waals surface area contributed by atoms with Crippen molar-refractivity contribution in [3.63, 3.8) is 0 Å². The first kappa shape index (κ1) is 20.4. The Morgan fingerprint density at radius 1 is 0.900 bits per heavy atom. The molecule has 152 valence electrons. The van der Waals surface area contributed by atoms with Gasteiger partial charge in [-0.05, 0) is 57.9 Å². The van der Waals surface area contributed by atoms with E-state index in [1.165, 1.54) is 12.1 Å². The Hall–Kier alpha value is -2.90. The van der Waals surface area contributed by atoms with E-state index in [4.69, 9.17) is 4.42 Å². The molecule has 4 rings (SSSR count). The van der Waals surface area contributed by atoms with Crippen LogP contribution >= 0.6 is 15.9 Å². The first-order valence-corrected chi connectivity index (χ1v) is 10.4. The molecule has 5 nitrogen and oxygen atoms in total. The second-order valence-electron chi connectivity index (χ2n) is 6.89. The highest BCUT2D eigenvalue weighted by atomic mass is 79.9. The van der Waals surface area contributed by atoms with Gasteiger partial charge in [-0.3, -0.25) is 9.88 Å². The molecule has 0 saturated carbocycles. The minimum atomic E-state index is -0.242. The topological polar surface area (TPSA) is 55.1 Å². The maximum atomic E-state index is 13.3. The van der Waals surface area contributed by atoms with E-state index in [9.17, 15) is 4.39 Å². The lowest BCUT2D eigenvalue weighted by Gasteiger charge is -2.20. The van der Waals surface area contributed by atoms with Gasteiger partial charge in [0.25, 0.3) is 0 Å². The summed E-state index contributed by atoms with van der Waals surface area (Å²) in [4.78, 5) is 6.59. The Kier molecular flexibility index (Phi) is 6.61. The zero-order valence-electron chi connectivity index (χ0n) is 16.2. The van der Waals surface area contributed by atoms with Gasteiger partial charge in [-0.1, -0.05) is 30.3 Å². The van der Waals surface area contributed by atoms with Crippen molar-refractivity contribution >= 4 is 15.9 Å². The molecule has 0 aliphatic heterocycles. The number of hydrogen-bond donors (Lipinski definition) is 0. The molecule has 0 saturated heterocycles. The van der Waals surface area contributed by atoms with E-state index in [2.05, 4.69) is 36.0 Å². The Balaban J connectivity index is 1.50. The fraction of sp³-hybridized carbons (Fsp3) is 0.174. The molecule has 0 radical (unpaired) electrons. The van der Waals surface area contributed by atoms with Crippen molar-refractivity contribution in [3.05, 3.63) is 100 Å². The predicted octanol–water partition coefficient (Wildman–Crippen LogP) is 5.28. The fourth-order valence-electron chi connectivity index (χ4n) is 3.13. The van der Waals surface area contributed by atoms with Gasteiger partial charge in [0.1, 0.15) is 5.82 Å². The monoisotopic (exact) mass is 466 g/mol. The molecule has 0 spiro atoms. The van der Waals surface area contributed by atoms with Gasteiger partial charge in [0.2, 0.25) is 11.8 Å². The highest BCUT2D eigenvalue weighted by Gasteiger charge is 2.15. The van der Waals surface area contributed by atoms with Crippen LogP contribution in [0.2, 0.25) is 0 Å². The molecule has 0 unspecified atom stereocenters. The molecule has 0 amide bonds. The molecule has 2 aromatic heterocycles. The van der Waals surface area contributed by atoms with Gasteiger partial charge < -0.3 is 4.42 Å². The average molecular weight is 467 g/mol. The van der Waals surface area contributed by atoms with Crippen molar-refractivity contribution in [2.45, 2.75) is 19.5 Å². The molecule has 2 heterocycles. The van der Waals surface area contributed by atoms with Gasteiger partial charge in [-0.15, -0.1) is 10.2 Å². The van der Waals surface area contributed by atoms with Crippen molar-refractivity contribution in [1.82, 2.24) is 20.1 Å². The third-order valence-electron chi connectivity index (χ3n) is 4.66. The highest BCUT2D eigenvalue weighted by molar-refractivity contribution is 9.10. The molecule has 0 fully saturated rings. The van der Waals surface area contributed by atoms with Crippen LogP contribution in [-0.4, -0.2) is 26.6 Å². The minimum Gasteiger partial charge on any atom is -0.419 e. The van der Waals surface area contributed by atoms with Crippen molar-refractivity contribution in [1.29, 1.82) is 0 Å². The van der Waals surface area contributed by atoms with Gasteiger partial charge >= 0.3 is 0 Å². The summed E-state index contributed by atoms with van der Waals surface area (Å²) in [5.74, 6) is 0.765. The van der Waals surface area contributed by atoms with Gasteiger partial charge in [0.15, 0.2) is 0 Å². The third kappa shape index (κ3) is 5.37. The van der Waals surface area contributed by atoms with Crippen molar-refractivity contribution in [3.8, 4) is 11.5 Å². The standard InChI is InChI=1S/C23H20BrFN4O/c24-21-7-2-1-6-20(21)23-28-27-22(30-23)16-29(14-12-19-5-3-4-13-26-19)15-17-8-10-18(25)11-9-17/h1-11,13H,12,14-16H2. The van der Waals surface area contributed by atoms with Crippen LogP contribution in [0.25, 0.3) is 11.5 Å². The van der Waals surface area contributed by atoms with E-state index >= 15 is 0 Å². The maximum absolute atomic E-state index is 13.3. The second kappa shape index (κ2) is 9.73. The second-order valence-corrected chi connectivity index (χ2v) is 7.74. The molecular weight excluding hydrogens is 447 g/mol. The average Bonchev–Trinajstić information content (AvgIpc) is 3.23. The summed E-state index contributed by atoms with van der Waals surface area (Å²) < 4.78 is 20.1. The highest BCUT2D eigenvalue weighted by Crippen LogP contribution is 2.27. The van der Waals surface area contributed by atoms with Crippen LogP contribution in [0.4, 0.5) is 4.39 Å². The zero-order valence-corrected chi connectivity index (χ0v) is 17.8. The number of benzene rings is 2. The summed E-state index contributed by atoms with van der Waals surface area (Å²) in [6, 6.07) is 20.2. The zero-order chi connectivity index (χ0) is 20.8. The van der Waals surface area contributed by atoms with E-state index in [1.807, 2.05) is 42.5 Å². The molecule has 0 aliphatic rings. The van der Waals surface area contributed by atoms with Crippen LogP contribution in [0.5, 0.6) is 0 Å². The van der Waals surface area contributed by atoms with Crippen LogP contribution < -0.4 is 0 Å². The van der Waals surface area contributed by atoms with Crippen LogP contribution in [0.3, 0.4) is 0 Å². The van der Waals surface area contributed by atoms with Gasteiger partial charge in [0.05, 0.1) is 12.1 Å². The molecule has 30 heavy (non-hydrogen) atoms. The van der Waals surface area contributed by atoms with Crippen LogP contribution in [0.1, 0.15) is 17.1 Å². The van der Waals surface area contributed by atoms with Gasteiger partial charge in [-0.2, -0.15) is 0 Å². The van der Waals surface area contributed by atoms with E-state index in [1.54, 1.807) is 18.3 Å². The molecule has 0 N–H and O–H groups in total. The lowest BCUT2D eigenvalue weighted by atomic mass is 10.2. The van der Waals surface area contributed by atoms with Crippen molar-refractivity contribution in [2.75, 3.05) is 6.54 Å². The normalized spacial score (nSPS) is 11.2. The van der Waals surface area contributed by atoms with Crippen LogP contribution in [-0.2, 0) is 19.5 Å². The molecule has 0 bridgehead atoms. The number of rotatable bonds is 8. The summed E-state index contributed by atoms with van der Waals surface area (Å²) >= 11 is 3.52. The number of halogens is 2. The Bertz CT molecular complexity index is 1090. The SMILES string of the molecule is Fc1ccc(CN(CCc2ccccn2)Cc2nnc(-c3ccccc3Br)o2)cc1. The molecule has 7 heteroatoms. The molecule has 2 aromatic carbocycles. The Morgan fingerprint density at radius 2 is 1.70 bits per heavy atom. The summed E-state index contributed by atoms with van der Waals surface area (Å²) in [5.41, 5.74) is 2.89. The summed E-state index contributed by atoms with van der Waals surface area (Å²) in [6.45, 7) is 1.88. The molecule has 4 aromatic rings. The smallest absolute Gasteiger partial charge is 0.248 e. The van der Waals surface area contributed by atoms with E-state index in [-0.39, 0.29) is 5.82 Å². The Morgan fingerprint density at radius 3 is 2.47 bits per heavy atom. The number of nitrogens with zero attached hydrogens (tertiary/aromatic N) is 4. The van der Waals surface area contributed by atoms with E-state index < -0.39 is 0 Å². The molecule has 0 atom stereocenters. The molecule has 0 aliphatic carbocycles. The fourth-order valence-corrected chi connectivity index (χ4v) is 3.59. The predicted molar refractivity (Wildman–Crippen MR) is 116 cm³/mol. The largest absolute Gasteiger partial charge is 0.419 e. The first-order chi connectivity index (χ1) is 14.7. The summed E-state index contributed by atoms with van der Waals surface area (Å²) in [5, 5.41) is 8.43. The lowest BCUT2D eigenvalue weighted by Crippen LogP contribution is -2.25. The lowest BCUT2D eigenvalue weighted by molar-refractivity contribution is 0.233.